The molecule has 3 nitrogen and oxygen atoms in total. The summed E-state index contributed by atoms with van der Waals surface area (Å²) in [6, 6.07) is 5.10. The van der Waals surface area contributed by atoms with Crippen molar-refractivity contribution in [3.05, 3.63) is 29.6 Å². The molecule has 0 spiro atoms. The number of halogens is 1. The highest BCUT2D eigenvalue weighted by molar-refractivity contribution is 5.30. The lowest BCUT2D eigenvalue weighted by Gasteiger charge is -2.32. The number of phenols is 1. The first kappa shape index (κ1) is 13.8. The van der Waals surface area contributed by atoms with E-state index in [0.717, 1.165) is 26.1 Å². The van der Waals surface area contributed by atoms with Crippen LogP contribution in [0.15, 0.2) is 18.2 Å². The third-order valence-electron chi connectivity index (χ3n) is 5.11. The van der Waals surface area contributed by atoms with Crippen molar-refractivity contribution in [3.8, 4) is 5.75 Å². The van der Waals surface area contributed by atoms with Crippen LogP contribution in [0.5, 0.6) is 5.75 Å². The Morgan fingerprint density at radius 2 is 2.25 bits per heavy atom. The molecule has 1 aromatic carbocycles. The van der Waals surface area contributed by atoms with Gasteiger partial charge in [0.2, 0.25) is 0 Å². The molecular formula is C16H23FN2O. The number of benzene rings is 1. The molecule has 2 fully saturated rings. The molecule has 0 aliphatic carbocycles. The van der Waals surface area contributed by atoms with Crippen molar-refractivity contribution in [1.82, 2.24) is 10.2 Å². The van der Waals surface area contributed by atoms with Gasteiger partial charge in [-0.15, -0.1) is 0 Å². The number of hydrogen-bond acceptors (Lipinski definition) is 3. The van der Waals surface area contributed by atoms with E-state index >= 15 is 0 Å². The molecule has 0 bridgehead atoms. The number of aromatic hydroxyl groups is 1. The van der Waals surface area contributed by atoms with Crippen LogP contribution in [0.1, 0.15) is 31.9 Å². The highest BCUT2D eigenvalue weighted by Gasteiger charge is 2.45. The number of nitrogens with zero attached hydrogens (tertiary/aromatic N) is 1. The summed E-state index contributed by atoms with van der Waals surface area (Å²) in [7, 11) is 0. The minimum atomic E-state index is -0.303. The van der Waals surface area contributed by atoms with Crippen LogP contribution in [0.3, 0.4) is 0 Å². The highest BCUT2D eigenvalue weighted by atomic mass is 19.1. The Bertz CT molecular complexity index is 493. The van der Waals surface area contributed by atoms with E-state index in [1.54, 1.807) is 12.1 Å². The zero-order valence-electron chi connectivity index (χ0n) is 12.1. The maximum absolute atomic E-state index is 14.1. The van der Waals surface area contributed by atoms with Gasteiger partial charge in [-0.3, -0.25) is 4.90 Å². The lowest BCUT2D eigenvalue weighted by Crippen LogP contribution is -2.37. The molecule has 0 radical (unpaired) electrons. The van der Waals surface area contributed by atoms with Gasteiger partial charge in [-0.25, -0.2) is 4.39 Å². The van der Waals surface area contributed by atoms with Crippen LogP contribution in [0.4, 0.5) is 4.39 Å². The first-order chi connectivity index (χ1) is 9.61. The van der Waals surface area contributed by atoms with E-state index in [1.165, 1.54) is 6.07 Å². The first-order valence-corrected chi connectivity index (χ1v) is 7.56. The molecule has 0 aromatic heterocycles. The van der Waals surface area contributed by atoms with Gasteiger partial charge in [-0.2, -0.15) is 0 Å². The van der Waals surface area contributed by atoms with Gasteiger partial charge in [0.15, 0.2) is 0 Å². The van der Waals surface area contributed by atoms with Gasteiger partial charge >= 0.3 is 0 Å². The van der Waals surface area contributed by atoms with Gasteiger partial charge in [0, 0.05) is 30.3 Å². The average molecular weight is 278 g/mol. The standard InChI is InChI=1S/C16H23FN2O/c1-3-16-14-8-18-7-11(14)9-19(16)10(2)13-5-4-12(20)6-15(13)17/h4-6,10-11,14,16,18,20H,3,7-9H2,1-2H3. The maximum atomic E-state index is 14.1. The van der Waals surface area contributed by atoms with Crippen molar-refractivity contribution in [1.29, 1.82) is 0 Å². The number of fused-ring (bicyclic) bond motifs is 1. The molecule has 4 unspecified atom stereocenters. The molecule has 2 aliphatic heterocycles. The van der Waals surface area contributed by atoms with Crippen molar-refractivity contribution in [2.45, 2.75) is 32.4 Å². The van der Waals surface area contributed by atoms with Gasteiger partial charge in [-0.05, 0) is 44.3 Å². The van der Waals surface area contributed by atoms with Crippen molar-refractivity contribution in [2.75, 3.05) is 19.6 Å². The molecule has 110 valence electrons. The largest absolute Gasteiger partial charge is 0.508 e. The van der Waals surface area contributed by atoms with Crippen molar-refractivity contribution in [3.63, 3.8) is 0 Å². The molecule has 20 heavy (non-hydrogen) atoms. The number of likely N-dealkylation sites (tertiary alicyclic amines) is 1. The monoisotopic (exact) mass is 278 g/mol. The van der Waals surface area contributed by atoms with Gasteiger partial charge in [0.05, 0.1) is 0 Å². The second-order valence-electron chi connectivity index (χ2n) is 6.14. The van der Waals surface area contributed by atoms with Gasteiger partial charge in [0.25, 0.3) is 0 Å². The Labute approximate surface area is 119 Å². The molecule has 2 saturated heterocycles. The summed E-state index contributed by atoms with van der Waals surface area (Å²) in [6.07, 6.45) is 1.10. The van der Waals surface area contributed by atoms with E-state index in [-0.39, 0.29) is 17.6 Å². The van der Waals surface area contributed by atoms with E-state index in [1.807, 2.05) is 0 Å². The van der Waals surface area contributed by atoms with Crippen molar-refractivity contribution in [2.24, 2.45) is 11.8 Å². The summed E-state index contributed by atoms with van der Waals surface area (Å²) in [6.45, 7) is 7.51. The summed E-state index contributed by atoms with van der Waals surface area (Å²) >= 11 is 0. The lowest BCUT2D eigenvalue weighted by molar-refractivity contribution is 0.162. The number of rotatable bonds is 3. The van der Waals surface area contributed by atoms with Crippen LogP contribution in [0, 0.1) is 17.7 Å². The molecule has 0 amide bonds. The van der Waals surface area contributed by atoms with E-state index in [4.69, 9.17) is 0 Å². The normalized spacial score (nSPS) is 31.4. The zero-order valence-corrected chi connectivity index (χ0v) is 12.1. The highest BCUT2D eigenvalue weighted by Crippen LogP contribution is 2.40. The van der Waals surface area contributed by atoms with Crippen molar-refractivity contribution >= 4 is 0 Å². The maximum Gasteiger partial charge on any atom is 0.131 e. The summed E-state index contributed by atoms with van der Waals surface area (Å²) in [5, 5.41) is 12.8. The average Bonchev–Trinajstić information content (AvgIpc) is 2.97. The fraction of sp³-hybridized carbons (Fsp3) is 0.625. The number of hydrogen-bond donors (Lipinski definition) is 2. The van der Waals surface area contributed by atoms with Crippen LogP contribution in [0.2, 0.25) is 0 Å². The van der Waals surface area contributed by atoms with E-state index in [2.05, 4.69) is 24.1 Å². The molecule has 0 saturated carbocycles. The Balaban J connectivity index is 1.84. The van der Waals surface area contributed by atoms with Crippen LogP contribution >= 0.6 is 0 Å². The third kappa shape index (κ3) is 2.21. The molecule has 3 rings (SSSR count). The molecule has 4 heteroatoms. The SMILES string of the molecule is CCC1C2CNCC2CN1C(C)c1ccc(O)cc1F. The molecule has 2 aliphatic rings. The summed E-state index contributed by atoms with van der Waals surface area (Å²) in [5.41, 5.74) is 0.689. The number of phenolic OH excluding ortho intramolecular Hbond substituents is 1. The smallest absolute Gasteiger partial charge is 0.131 e. The van der Waals surface area contributed by atoms with Crippen LogP contribution in [0.25, 0.3) is 0 Å². The Kier molecular flexibility index (Phi) is 3.69. The van der Waals surface area contributed by atoms with Gasteiger partial charge < -0.3 is 10.4 Å². The number of nitrogens with one attached hydrogen (secondary N) is 1. The van der Waals surface area contributed by atoms with Crippen LogP contribution < -0.4 is 5.32 Å². The second-order valence-corrected chi connectivity index (χ2v) is 6.14. The predicted molar refractivity (Wildman–Crippen MR) is 77.1 cm³/mol. The van der Waals surface area contributed by atoms with E-state index in [0.29, 0.717) is 23.4 Å². The van der Waals surface area contributed by atoms with Crippen molar-refractivity contribution < 1.29 is 9.50 Å². The van der Waals surface area contributed by atoms with Gasteiger partial charge in [-0.1, -0.05) is 13.0 Å². The quantitative estimate of drug-likeness (QED) is 0.892. The lowest BCUT2D eigenvalue weighted by atomic mass is 9.92. The molecule has 1 aromatic rings. The zero-order chi connectivity index (χ0) is 14.3. The molecular weight excluding hydrogens is 255 g/mol. The van der Waals surface area contributed by atoms with Gasteiger partial charge in [0.1, 0.15) is 11.6 Å². The Morgan fingerprint density at radius 3 is 2.95 bits per heavy atom. The molecule has 2 N–H and O–H groups in total. The van der Waals surface area contributed by atoms with E-state index < -0.39 is 0 Å². The summed E-state index contributed by atoms with van der Waals surface area (Å²) < 4.78 is 14.1. The third-order valence-corrected chi connectivity index (χ3v) is 5.11. The topological polar surface area (TPSA) is 35.5 Å². The fourth-order valence-electron chi connectivity index (χ4n) is 4.07. The minimum Gasteiger partial charge on any atom is -0.508 e. The first-order valence-electron chi connectivity index (χ1n) is 7.56. The summed E-state index contributed by atoms with van der Waals surface area (Å²) in [4.78, 5) is 2.45. The fourth-order valence-corrected chi connectivity index (χ4v) is 4.07. The summed E-state index contributed by atoms with van der Waals surface area (Å²) in [5.74, 6) is 1.08. The van der Waals surface area contributed by atoms with Crippen LogP contribution in [-0.4, -0.2) is 35.7 Å². The minimum absolute atomic E-state index is 0.00650. The van der Waals surface area contributed by atoms with E-state index in [9.17, 15) is 9.50 Å². The predicted octanol–water partition coefficient (Wildman–Crippen LogP) is 2.52. The van der Waals surface area contributed by atoms with Crippen LogP contribution in [-0.2, 0) is 0 Å². The second kappa shape index (κ2) is 5.34. The molecule has 4 atom stereocenters. The Hall–Kier alpha value is -1.13. The Morgan fingerprint density at radius 1 is 1.45 bits per heavy atom. The molecule has 2 heterocycles.